The number of hydrogen-bond donors (Lipinski definition) is 3. The molecule has 3 aromatic carbocycles. The van der Waals surface area contributed by atoms with E-state index in [0.29, 0.717) is 21.4 Å². The van der Waals surface area contributed by atoms with Gasteiger partial charge in [0.1, 0.15) is 0 Å². The molecule has 0 aromatic heterocycles. The van der Waals surface area contributed by atoms with Gasteiger partial charge in [0.2, 0.25) is 5.75 Å². The maximum absolute atomic E-state index is 13.1. The Labute approximate surface area is 171 Å². The number of hydrogen-bond acceptors (Lipinski definition) is 6. The molecule has 1 aliphatic heterocycles. The van der Waals surface area contributed by atoms with Crippen molar-refractivity contribution in [2.45, 2.75) is 0 Å². The number of phenols is 3. The number of anilines is 1. The van der Waals surface area contributed by atoms with Gasteiger partial charge in [-0.1, -0.05) is 36.4 Å². The van der Waals surface area contributed by atoms with Gasteiger partial charge in [-0.2, -0.15) is 0 Å². The number of carbonyl (C=O) groups excluding carboxylic acids is 1. The molecule has 0 saturated carbocycles. The van der Waals surface area contributed by atoms with Gasteiger partial charge in [-0.25, -0.2) is 4.99 Å². The number of amidine groups is 1. The molecule has 0 atom stereocenters. The maximum atomic E-state index is 13.1. The van der Waals surface area contributed by atoms with Crippen LogP contribution >= 0.6 is 11.8 Å². The minimum Gasteiger partial charge on any atom is -0.504 e. The van der Waals surface area contributed by atoms with Crippen LogP contribution in [0, 0.1) is 0 Å². The second-order valence-corrected chi connectivity index (χ2v) is 7.20. The first-order valence-corrected chi connectivity index (χ1v) is 9.53. The number of phenolic OH excluding ortho intramolecular Hbond substituents is 3. The summed E-state index contributed by atoms with van der Waals surface area (Å²) in [4.78, 5) is 19.6. The van der Waals surface area contributed by atoms with Gasteiger partial charge in [0.05, 0.1) is 16.3 Å². The van der Waals surface area contributed by atoms with E-state index in [0.717, 1.165) is 11.8 Å². The number of aromatic hydroxyl groups is 3. The Kier molecular flexibility index (Phi) is 4.97. The molecular weight excluding hydrogens is 388 g/mol. The van der Waals surface area contributed by atoms with E-state index in [2.05, 4.69) is 4.99 Å². The zero-order valence-corrected chi connectivity index (χ0v) is 15.9. The SMILES string of the molecule is O=C1/C(=C/c2ccc(O)c(O)c2O)SC(=Nc2ccccc2)N1c1ccccc1. The van der Waals surface area contributed by atoms with E-state index < -0.39 is 17.2 Å². The van der Waals surface area contributed by atoms with Gasteiger partial charge in [0, 0.05) is 5.56 Å². The molecule has 144 valence electrons. The lowest BCUT2D eigenvalue weighted by Crippen LogP contribution is -2.28. The van der Waals surface area contributed by atoms with E-state index in [1.807, 2.05) is 60.7 Å². The van der Waals surface area contributed by atoms with E-state index in [1.165, 1.54) is 23.1 Å². The smallest absolute Gasteiger partial charge is 0.271 e. The third kappa shape index (κ3) is 3.68. The second kappa shape index (κ2) is 7.73. The quantitative estimate of drug-likeness (QED) is 0.438. The average molecular weight is 404 g/mol. The number of benzene rings is 3. The van der Waals surface area contributed by atoms with Crippen molar-refractivity contribution in [3.63, 3.8) is 0 Å². The van der Waals surface area contributed by atoms with Crippen molar-refractivity contribution in [2.75, 3.05) is 4.90 Å². The van der Waals surface area contributed by atoms with Crippen molar-refractivity contribution in [1.29, 1.82) is 0 Å². The molecule has 6 nitrogen and oxygen atoms in total. The first-order valence-electron chi connectivity index (χ1n) is 8.71. The van der Waals surface area contributed by atoms with Gasteiger partial charge in [-0.3, -0.25) is 9.69 Å². The highest BCUT2D eigenvalue weighted by molar-refractivity contribution is 8.19. The number of carbonyl (C=O) groups is 1. The predicted molar refractivity (Wildman–Crippen MR) is 114 cm³/mol. The summed E-state index contributed by atoms with van der Waals surface area (Å²) in [6.45, 7) is 0. The third-order valence-electron chi connectivity index (χ3n) is 4.25. The van der Waals surface area contributed by atoms with Gasteiger partial charge in [-0.05, 0) is 54.2 Å². The Morgan fingerprint density at radius 3 is 2.17 bits per heavy atom. The van der Waals surface area contributed by atoms with Crippen molar-refractivity contribution < 1.29 is 20.1 Å². The van der Waals surface area contributed by atoms with Gasteiger partial charge >= 0.3 is 0 Å². The molecule has 7 heteroatoms. The summed E-state index contributed by atoms with van der Waals surface area (Å²) in [5.41, 5.74) is 1.58. The van der Waals surface area contributed by atoms with Crippen LogP contribution < -0.4 is 4.90 Å². The molecule has 0 radical (unpaired) electrons. The minimum absolute atomic E-state index is 0.213. The van der Waals surface area contributed by atoms with Crippen molar-refractivity contribution in [2.24, 2.45) is 4.99 Å². The van der Waals surface area contributed by atoms with Crippen molar-refractivity contribution >= 4 is 40.3 Å². The number of thioether (sulfide) groups is 1. The summed E-state index contributed by atoms with van der Waals surface area (Å²) >= 11 is 1.16. The first-order chi connectivity index (χ1) is 14.0. The largest absolute Gasteiger partial charge is 0.504 e. The first kappa shape index (κ1) is 18.6. The van der Waals surface area contributed by atoms with Crippen LogP contribution in [0.3, 0.4) is 0 Å². The van der Waals surface area contributed by atoms with Crippen LogP contribution in [-0.4, -0.2) is 26.4 Å². The second-order valence-electron chi connectivity index (χ2n) is 6.19. The Bertz CT molecular complexity index is 1130. The lowest BCUT2D eigenvalue weighted by Gasteiger charge is -2.15. The monoisotopic (exact) mass is 404 g/mol. The molecule has 1 aliphatic rings. The molecular formula is C22H16N2O4S. The highest BCUT2D eigenvalue weighted by Crippen LogP contribution is 2.41. The molecule has 0 spiro atoms. The molecule has 1 heterocycles. The minimum atomic E-state index is -0.632. The van der Waals surface area contributed by atoms with Crippen LogP contribution in [0.15, 0.2) is 82.7 Å². The highest BCUT2D eigenvalue weighted by Gasteiger charge is 2.35. The van der Waals surface area contributed by atoms with E-state index >= 15 is 0 Å². The molecule has 3 aromatic rings. The van der Waals surface area contributed by atoms with E-state index in [9.17, 15) is 20.1 Å². The number of amides is 1. The topological polar surface area (TPSA) is 93.4 Å². The molecule has 1 amide bonds. The van der Waals surface area contributed by atoms with Gasteiger partial charge in [-0.15, -0.1) is 0 Å². The van der Waals surface area contributed by atoms with E-state index in [4.69, 9.17) is 0 Å². The van der Waals surface area contributed by atoms with E-state index in [1.54, 1.807) is 0 Å². The van der Waals surface area contributed by atoms with Crippen LogP contribution in [0.25, 0.3) is 6.08 Å². The van der Waals surface area contributed by atoms with Crippen LogP contribution in [0.2, 0.25) is 0 Å². The summed E-state index contributed by atoms with van der Waals surface area (Å²) in [7, 11) is 0. The van der Waals surface area contributed by atoms with Crippen molar-refractivity contribution in [3.05, 3.63) is 83.3 Å². The zero-order valence-electron chi connectivity index (χ0n) is 15.1. The summed E-state index contributed by atoms with van der Waals surface area (Å²) in [6, 6.07) is 21.1. The van der Waals surface area contributed by atoms with Crippen molar-refractivity contribution in [3.8, 4) is 17.2 Å². The summed E-state index contributed by atoms with van der Waals surface area (Å²) in [5, 5.41) is 29.8. The van der Waals surface area contributed by atoms with Crippen molar-refractivity contribution in [1.82, 2.24) is 0 Å². The van der Waals surface area contributed by atoms with Crippen LogP contribution in [0.5, 0.6) is 17.2 Å². The summed E-state index contributed by atoms with van der Waals surface area (Å²) < 4.78 is 0. The van der Waals surface area contributed by atoms with Gasteiger partial charge in [0.25, 0.3) is 5.91 Å². The number of para-hydroxylation sites is 2. The number of rotatable bonds is 3. The standard InChI is InChI=1S/C22H16N2O4S/c25-17-12-11-14(19(26)20(17)27)13-18-21(28)24(16-9-5-2-6-10-16)22(29-18)23-15-7-3-1-4-8-15/h1-13,25-27H/b18-13-,23-22?. The molecule has 3 N–H and O–H groups in total. The third-order valence-corrected chi connectivity index (χ3v) is 5.22. The Morgan fingerprint density at radius 2 is 1.48 bits per heavy atom. The van der Waals surface area contributed by atoms with Crippen LogP contribution in [0.4, 0.5) is 11.4 Å². The number of nitrogens with zero attached hydrogens (tertiary/aromatic N) is 2. The lowest BCUT2D eigenvalue weighted by atomic mass is 10.1. The molecule has 0 unspecified atom stereocenters. The molecule has 29 heavy (non-hydrogen) atoms. The Balaban J connectivity index is 1.79. The lowest BCUT2D eigenvalue weighted by molar-refractivity contribution is -0.113. The summed E-state index contributed by atoms with van der Waals surface area (Å²) in [5.74, 6) is -1.87. The molecule has 4 rings (SSSR count). The fourth-order valence-electron chi connectivity index (χ4n) is 2.81. The molecule has 1 fully saturated rings. The van der Waals surface area contributed by atoms with E-state index in [-0.39, 0.29) is 11.5 Å². The fourth-order valence-corrected chi connectivity index (χ4v) is 3.80. The summed E-state index contributed by atoms with van der Waals surface area (Å²) in [6.07, 6.45) is 1.46. The normalized spacial score (nSPS) is 16.7. The average Bonchev–Trinajstić information content (AvgIpc) is 3.04. The molecule has 0 aliphatic carbocycles. The Morgan fingerprint density at radius 1 is 0.828 bits per heavy atom. The number of aliphatic imine (C=N–C) groups is 1. The van der Waals surface area contributed by atoms with Gasteiger partial charge < -0.3 is 15.3 Å². The maximum Gasteiger partial charge on any atom is 0.271 e. The fraction of sp³-hybridized carbons (Fsp3) is 0. The molecule has 0 bridgehead atoms. The Hall–Kier alpha value is -3.71. The van der Waals surface area contributed by atoms with Crippen LogP contribution in [0.1, 0.15) is 5.56 Å². The van der Waals surface area contributed by atoms with Gasteiger partial charge in [0.15, 0.2) is 16.7 Å². The predicted octanol–water partition coefficient (Wildman–Crippen LogP) is 4.61. The molecule has 1 saturated heterocycles. The highest BCUT2D eigenvalue weighted by atomic mass is 32.2. The van der Waals surface area contributed by atoms with Crippen LogP contribution in [-0.2, 0) is 4.79 Å². The zero-order chi connectivity index (χ0) is 20.4.